The predicted molar refractivity (Wildman–Crippen MR) is 92.7 cm³/mol. The van der Waals surface area contributed by atoms with Gasteiger partial charge in [0.25, 0.3) is 11.5 Å². The molecule has 3 aromatic rings. The van der Waals surface area contributed by atoms with Crippen LogP contribution in [-0.2, 0) is 5.92 Å². The highest BCUT2D eigenvalue weighted by Crippen LogP contribution is 2.26. The van der Waals surface area contributed by atoms with Gasteiger partial charge in [-0.1, -0.05) is 17.8 Å². The number of pyridine rings is 1. The SMILES string of the molecule is CSc1ncc2c(=O)n(C(C)C)n(-c3cccc(C(C)(F)F)n3)c2n1. The number of hydrogen-bond donors (Lipinski definition) is 0. The third-order valence-corrected chi connectivity index (χ3v) is 4.24. The zero-order valence-corrected chi connectivity index (χ0v) is 15.0. The van der Waals surface area contributed by atoms with Gasteiger partial charge in [0.1, 0.15) is 11.1 Å². The molecule has 0 aliphatic carbocycles. The van der Waals surface area contributed by atoms with Crippen molar-refractivity contribution in [3.63, 3.8) is 0 Å². The summed E-state index contributed by atoms with van der Waals surface area (Å²) in [5.74, 6) is -2.87. The van der Waals surface area contributed by atoms with Gasteiger partial charge in [-0.15, -0.1) is 0 Å². The van der Waals surface area contributed by atoms with E-state index in [4.69, 9.17) is 0 Å². The normalized spacial score (nSPS) is 12.3. The van der Waals surface area contributed by atoms with Crippen molar-refractivity contribution >= 4 is 22.8 Å². The second-order valence-corrected chi connectivity index (χ2v) is 6.69. The summed E-state index contributed by atoms with van der Waals surface area (Å²) >= 11 is 1.33. The molecule has 3 rings (SSSR count). The lowest BCUT2D eigenvalue weighted by Gasteiger charge is -2.16. The standard InChI is InChI=1S/C16H17F2N5OS/c1-9(2)22-14(24)10-8-19-15(25-4)21-13(10)23(22)12-7-5-6-11(20-12)16(3,17)18/h5-9H,1-4H3. The third kappa shape index (κ3) is 3.04. The second kappa shape index (κ2) is 6.21. The Bertz CT molecular complexity index is 990. The first-order chi connectivity index (χ1) is 11.7. The molecular weight excluding hydrogens is 348 g/mol. The van der Waals surface area contributed by atoms with Crippen LogP contribution in [0.5, 0.6) is 0 Å². The van der Waals surface area contributed by atoms with E-state index >= 15 is 0 Å². The summed E-state index contributed by atoms with van der Waals surface area (Å²) in [7, 11) is 0. The molecule has 0 aromatic carbocycles. The lowest BCUT2D eigenvalue weighted by Crippen LogP contribution is -2.25. The van der Waals surface area contributed by atoms with E-state index in [2.05, 4.69) is 15.0 Å². The van der Waals surface area contributed by atoms with Crippen LogP contribution in [0.4, 0.5) is 8.78 Å². The molecule has 0 spiro atoms. The number of nitrogens with zero attached hydrogens (tertiary/aromatic N) is 5. The molecule has 0 saturated carbocycles. The average molecular weight is 365 g/mol. The molecule has 0 saturated heterocycles. The van der Waals surface area contributed by atoms with Gasteiger partial charge in [-0.05, 0) is 32.2 Å². The molecule has 3 heterocycles. The van der Waals surface area contributed by atoms with E-state index < -0.39 is 5.92 Å². The van der Waals surface area contributed by atoms with Crippen molar-refractivity contribution in [2.45, 2.75) is 37.9 Å². The molecule has 0 bridgehead atoms. The average Bonchev–Trinajstić information content (AvgIpc) is 2.86. The van der Waals surface area contributed by atoms with Gasteiger partial charge in [-0.2, -0.15) is 8.78 Å². The maximum atomic E-state index is 13.7. The van der Waals surface area contributed by atoms with Gasteiger partial charge < -0.3 is 0 Å². The monoisotopic (exact) mass is 365 g/mol. The Balaban J connectivity index is 2.38. The van der Waals surface area contributed by atoms with Gasteiger partial charge in [0.05, 0.1) is 0 Å². The summed E-state index contributed by atoms with van der Waals surface area (Å²) in [5.41, 5.74) is -0.302. The Morgan fingerprint density at radius 1 is 1.24 bits per heavy atom. The molecule has 25 heavy (non-hydrogen) atoms. The summed E-state index contributed by atoms with van der Waals surface area (Å²) < 4.78 is 30.3. The minimum absolute atomic E-state index is 0.213. The summed E-state index contributed by atoms with van der Waals surface area (Å²) in [4.78, 5) is 25.3. The van der Waals surface area contributed by atoms with Crippen molar-refractivity contribution in [1.29, 1.82) is 0 Å². The molecule has 0 radical (unpaired) electrons. The fraction of sp³-hybridized carbons (Fsp3) is 0.375. The van der Waals surface area contributed by atoms with Crippen LogP contribution in [0.3, 0.4) is 0 Å². The summed E-state index contributed by atoms with van der Waals surface area (Å²) in [6.45, 7) is 4.45. The van der Waals surface area contributed by atoms with E-state index in [-0.39, 0.29) is 23.1 Å². The van der Waals surface area contributed by atoms with E-state index in [1.807, 2.05) is 20.1 Å². The zero-order chi connectivity index (χ0) is 18.4. The van der Waals surface area contributed by atoms with Crippen LogP contribution in [0.1, 0.15) is 32.5 Å². The van der Waals surface area contributed by atoms with Crippen LogP contribution >= 0.6 is 11.8 Å². The second-order valence-electron chi connectivity index (χ2n) is 5.92. The van der Waals surface area contributed by atoms with Gasteiger partial charge in [-0.25, -0.2) is 24.3 Å². The summed E-state index contributed by atoms with van der Waals surface area (Å²) in [5, 5.41) is 0.807. The number of rotatable bonds is 4. The predicted octanol–water partition coefficient (Wildman–Crippen LogP) is 3.39. The number of hydrogen-bond acceptors (Lipinski definition) is 5. The van der Waals surface area contributed by atoms with Crippen LogP contribution in [0, 0.1) is 0 Å². The number of thioether (sulfide) groups is 1. The minimum atomic E-state index is -3.08. The molecule has 132 valence electrons. The van der Waals surface area contributed by atoms with Crippen LogP contribution in [0.2, 0.25) is 0 Å². The maximum Gasteiger partial charge on any atom is 0.287 e. The zero-order valence-electron chi connectivity index (χ0n) is 14.2. The van der Waals surface area contributed by atoms with Crippen molar-refractivity contribution in [3.05, 3.63) is 40.4 Å². The van der Waals surface area contributed by atoms with Crippen LogP contribution in [-0.4, -0.2) is 30.6 Å². The minimum Gasteiger partial charge on any atom is -0.267 e. The van der Waals surface area contributed by atoms with Gasteiger partial charge in [0.2, 0.25) is 0 Å². The molecule has 0 N–H and O–H groups in total. The van der Waals surface area contributed by atoms with E-state index in [0.29, 0.717) is 16.2 Å². The van der Waals surface area contributed by atoms with E-state index in [1.165, 1.54) is 39.5 Å². The first-order valence-corrected chi connectivity index (χ1v) is 8.86. The fourth-order valence-electron chi connectivity index (χ4n) is 2.55. The fourth-order valence-corrected chi connectivity index (χ4v) is 2.89. The van der Waals surface area contributed by atoms with Crippen LogP contribution in [0.15, 0.2) is 34.3 Å². The lowest BCUT2D eigenvalue weighted by atomic mass is 10.2. The molecule has 0 fully saturated rings. The van der Waals surface area contributed by atoms with Crippen LogP contribution in [0.25, 0.3) is 16.9 Å². The first-order valence-electron chi connectivity index (χ1n) is 7.64. The first kappa shape index (κ1) is 17.5. The molecule has 6 nitrogen and oxygen atoms in total. The van der Waals surface area contributed by atoms with E-state index in [0.717, 1.165) is 6.92 Å². The smallest absolute Gasteiger partial charge is 0.267 e. The molecule has 9 heteroatoms. The van der Waals surface area contributed by atoms with Gasteiger partial charge in [-0.3, -0.25) is 4.79 Å². The highest BCUT2D eigenvalue weighted by Gasteiger charge is 2.27. The topological polar surface area (TPSA) is 65.6 Å². The molecule has 0 atom stereocenters. The van der Waals surface area contributed by atoms with Crippen molar-refractivity contribution in [2.75, 3.05) is 6.26 Å². The number of halogens is 2. The number of aromatic nitrogens is 5. The van der Waals surface area contributed by atoms with Gasteiger partial charge in [0, 0.05) is 19.2 Å². The van der Waals surface area contributed by atoms with Crippen molar-refractivity contribution in [1.82, 2.24) is 24.3 Å². The molecular formula is C16H17F2N5OS. The Morgan fingerprint density at radius 3 is 2.56 bits per heavy atom. The lowest BCUT2D eigenvalue weighted by molar-refractivity contribution is 0.0127. The number of fused-ring (bicyclic) bond motifs is 1. The van der Waals surface area contributed by atoms with E-state index in [1.54, 1.807) is 6.07 Å². The largest absolute Gasteiger partial charge is 0.287 e. The summed E-state index contributed by atoms with van der Waals surface area (Å²) in [6.07, 6.45) is 3.28. The molecule has 0 aliphatic heterocycles. The van der Waals surface area contributed by atoms with Gasteiger partial charge in [0.15, 0.2) is 16.6 Å². The molecule has 0 amide bonds. The van der Waals surface area contributed by atoms with E-state index in [9.17, 15) is 13.6 Å². The maximum absolute atomic E-state index is 13.7. The summed E-state index contributed by atoms with van der Waals surface area (Å²) in [6, 6.07) is 4.11. The van der Waals surface area contributed by atoms with Crippen LogP contribution < -0.4 is 5.56 Å². The van der Waals surface area contributed by atoms with Gasteiger partial charge >= 0.3 is 0 Å². The Kier molecular flexibility index (Phi) is 4.36. The van der Waals surface area contributed by atoms with Crippen molar-refractivity contribution in [3.8, 4) is 5.82 Å². The molecule has 3 aromatic heterocycles. The molecule has 0 unspecified atom stereocenters. The third-order valence-electron chi connectivity index (χ3n) is 3.67. The Hall–Kier alpha value is -2.29. The number of alkyl halides is 2. The Morgan fingerprint density at radius 2 is 1.96 bits per heavy atom. The highest BCUT2D eigenvalue weighted by molar-refractivity contribution is 7.98. The van der Waals surface area contributed by atoms with Crippen molar-refractivity contribution < 1.29 is 8.78 Å². The highest BCUT2D eigenvalue weighted by atomic mass is 32.2. The van der Waals surface area contributed by atoms with Crippen molar-refractivity contribution in [2.24, 2.45) is 0 Å². The molecule has 0 aliphatic rings. The quantitative estimate of drug-likeness (QED) is 0.524. The Labute approximate surface area is 146 Å².